The smallest absolute Gasteiger partial charge is 0.200 e. The zero-order valence-electron chi connectivity index (χ0n) is 8.04. The molecule has 2 rings (SSSR count). The van der Waals surface area contributed by atoms with E-state index in [1.165, 1.54) is 18.2 Å². The van der Waals surface area contributed by atoms with Crippen LogP contribution in [-0.2, 0) is 0 Å². The summed E-state index contributed by atoms with van der Waals surface area (Å²) in [6.07, 6.45) is 0. The molecular weight excluding hydrogens is 192 g/mol. The second-order valence-electron chi connectivity index (χ2n) is 2.80. The molecule has 0 aromatic heterocycles. The molecule has 0 saturated carbocycles. The van der Waals surface area contributed by atoms with Gasteiger partial charge in [0, 0.05) is 0 Å². The molecule has 0 aliphatic rings. The van der Waals surface area contributed by atoms with Crippen LogP contribution in [0, 0.1) is 0 Å². The Morgan fingerprint density at radius 2 is 0.867 bits per heavy atom. The molecule has 3 heteroatoms. The summed E-state index contributed by atoms with van der Waals surface area (Å²) in [4.78, 5) is 0. The number of hydrogen-bond donors (Lipinski definition) is 3. The summed E-state index contributed by atoms with van der Waals surface area (Å²) in [5, 5.41) is 26.1. The molecule has 0 atom stereocenters. The Hall–Kier alpha value is -2.16. The van der Waals surface area contributed by atoms with E-state index >= 15 is 0 Å². The first-order valence-corrected chi connectivity index (χ1v) is 4.41. The first-order chi connectivity index (χ1) is 7.22. The Kier molecular flexibility index (Phi) is 4.04. The lowest BCUT2D eigenvalue weighted by molar-refractivity contribution is 0.368. The van der Waals surface area contributed by atoms with Crippen molar-refractivity contribution in [2.45, 2.75) is 0 Å². The van der Waals surface area contributed by atoms with Crippen LogP contribution in [0.1, 0.15) is 0 Å². The number of benzene rings is 2. The van der Waals surface area contributed by atoms with Crippen molar-refractivity contribution >= 4 is 0 Å². The van der Waals surface area contributed by atoms with E-state index in [4.69, 9.17) is 15.3 Å². The monoisotopic (exact) mass is 204 g/mol. The molecule has 0 amide bonds. The Labute approximate surface area is 87.9 Å². The number of hydrogen-bond acceptors (Lipinski definition) is 3. The predicted octanol–water partition coefficient (Wildman–Crippen LogP) is 2.49. The lowest BCUT2D eigenvalue weighted by atomic mass is 10.3. The minimum atomic E-state index is -0.475. The molecule has 78 valence electrons. The van der Waals surface area contributed by atoms with E-state index in [2.05, 4.69) is 0 Å². The van der Waals surface area contributed by atoms with E-state index in [9.17, 15) is 0 Å². The molecule has 0 unspecified atom stereocenters. The average molecular weight is 204 g/mol. The maximum atomic E-state index is 8.71. The minimum absolute atomic E-state index is 0.310. The first kappa shape index (κ1) is 10.9. The normalized spacial score (nSPS) is 8.80. The fraction of sp³-hybridized carbons (Fsp3) is 0. The van der Waals surface area contributed by atoms with Crippen molar-refractivity contribution in [2.75, 3.05) is 0 Å². The number of rotatable bonds is 0. The van der Waals surface area contributed by atoms with Gasteiger partial charge >= 0.3 is 0 Å². The van der Waals surface area contributed by atoms with Crippen LogP contribution in [0.4, 0.5) is 0 Å². The molecule has 0 bridgehead atoms. The fourth-order valence-electron chi connectivity index (χ4n) is 0.904. The van der Waals surface area contributed by atoms with E-state index in [0.717, 1.165) is 0 Å². The summed E-state index contributed by atoms with van der Waals surface area (Å²) in [5.41, 5.74) is 0. The number of phenols is 3. The Morgan fingerprint density at radius 1 is 0.533 bits per heavy atom. The lowest BCUT2D eigenvalue weighted by Gasteiger charge is -1.96. The summed E-state index contributed by atoms with van der Waals surface area (Å²) in [5.74, 6) is -1.09. The van der Waals surface area contributed by atoms with Crippen molar-refractivity contribution in [3.05, 3.63) is 54.6 Å². The third-order valence-corrected chi connectivity index (χ3v) is 1.66. The van der Waals surface area contributed by atoms with Gasteiger partial charge < -0.3 is 15.3 Å². The van der Waals surface area contributed by atoms with Gasteiger partial charge in [0.25, 0.3) is 0 Å². The van der Waals surface area contributed by atoms with Crippen molar-refractivity contribution in [2.24, 2.45) is 0 Å². The van der Waals surface area contributed by atoms with Crippen molar-refractivity contribution in [1.82, 2.24) is 0 Å². The van der Waals surface area contributed by atoms with Gasteiger partial charge in [-0.1, -0.05) is 42.5 Å². The fourth-order valence-corrected chi connectivity index (χ4v) is 0.904. The van der Waals surface area contributed by atoms with Crippen LogP contribution < -0.4 is 0 Å². The molecule has 0 fully saturated rings. The van der Waals surface area contributed by atoms with Crippen LogP contribution in [0.25, 0.3) is 0 Å². The van der Waals surface area contributed by atoms with Crippen molar-refractivity contribution in [1.29, 1.82) is 0 Å². The second-order valence-corrected chi connectivity index (χ2v) is 2.80. The van der Waals surface area contributed by atoms with E-state index in [1.54, 1.807) is 0 Å². The third-order valence-electron chi connectivity index (χ3n) is 1.66. The molecule has 0 radical (unpaired) electrons. The predicted molar refractivity (Wildman–Crippen MR) is 57.9 cm³/mol. The van der Waals surface area contributed by atoms with E-state index in [0.29, 0.717) is 0 Å². The summed E-state index contributed by atoms with van der Waals surface area (Å²) in [6.45, 7) is 0. The highest BCUT2D eigenvalue weighted by Gasteiger charge is 2.00. The SMILES string of the molecule is Oc1cccc(O)c1O.c1ccccc1. The molecule has 0 aliphatic carbocycles. The van der Waals surface area contributed by atoms with Gasteiger partial charge in [0.1, 0.15) is 0 Å². The number of phenolic OH excluding ortho intramolecular Hbond substituents is 3. The summed E-state index contributed by atoms with van der Waals surface area (Å²) < 4.78 is 0. The van der Waals surface area contributed by atoms with Crippen LogP contribution in [0.15, 0.2) is 54.6 Å². The molecule has 0 heterocycles. The summed E-state index contributed by atoms with van der Waals surface area (Å²) >= 11 is 0. The van der Waals surface area contributed by atoms with E-state index < -0.39 is 5.75 Å². The van der Waals surface area contributed by atoms with Gasteiger partial charge in [-0.3, -0.25) is 0 Å². The van der Waals surface area contributed by atoms with Gasteiger partial charge in [-0.2, -0.15) is 0 Å². The van der Waals surface area contributed by atoms with Gasteiger partial charge in [-0.05, 0) is 12.1 Å². The maximum Gasteiger partial charge on any atom is 0.200 e. The second kappa shape index (κ2) is 5.54. The molecular formula is C12H12O3. The zero-order valence-corrected chi connectivity index (χ0v) is 8.04. The molecule has 3 nitrogen and oxygen atoms in total. The van der Waals surface area contributed by atoms with Crippen molar-refractivity contribution < 1.29 is 15.3 Å². The lowest BCUT2D eigenvalue weighted by Crippen LogP contribution is -1.67. The molecule has 0 saturated heterocycles. The molecule has 3 N–H and O–H groups in total. The van der Waals surface area contributed by atoms with Crippen LogP contribution in [-0.4, -0.2) is 15.3 Å². The van der Waals surface area contributed by atoms with Gasteiger partial charge in [-0.15, -0.1) is 0 Å². The summed E-state index contributed by atoms with van der Waals surface area (Å²) in [6, 6.07) is 16.0. The quantitative estimate of drug-likeness (QED) is 0.578. The standard InChI is InChI=1S/C6H6O3.C6H6/c7-4-2-1-3-5(8)6(4)9;1-2-4-6-5-3-1/h1-3,7-9H;1-6H. The summed E-state index contributed by atoms with van der Waals surface area (Å²) in [7, 11) is 0. The Bertz CT molecular complexity index is 352. The zero-order chi connectivity index (χ0) is 11.1. The van der Waals surface area contributed by atoms with Gasteiger partial charge in [0.15, 0.2) is 17.2 Å². The third kappa shape index (κ3) is 3.60. The van der Waals surface area contributed by atoms with E-state index in [-0.39, 0.29) is 11.5 Å². The van der Waals surface area contributed by atoms with Crippen LogP contribution in [0.3, 0.4) is 0 Å². The van der Waals surface area contributed by atoms with Gasteiger partial charge in [0.05, 0.1) is 0 Å². The van der Waals surface area contributed by atoms with E-state index in [1.807, 2.05) is 36.4 Å². The average Bonchev–Trinajstić information content (AvgIpc) is 2.29. The van der Waals surface area contributed by atoms with Crippen molar-refractivity contribution in [3.63, 3.8) is 0 Å². The Morgan fingerprint density at radius 3 is 1.13 bits per heavy atom. The highest BCUT2D eigenvalue weighted by Crippen LogP contribution is 2.32. The highest BCUT2D eigenvalue weighted by atomic mass is 16.3. The number of para-hydroxylation sites is 1. The highest BCUT2D eigenvalue weighted by molar-refractivity contribution is 5.47. The molecule has 2 aromatic rings. The van der Waals surface area contributed by atoms with Gasteiger partial charge in [0.2, 0.25) is 0 Å². The molecule has 0 spiro atoms. The first-order valence-electron chi connectivity index (χ1n) is 4.41. The van der Waals surface area contributed by atoms with Crippen molar-refractivity contribution in [3.8, 4) is 17.2 Å². The molecule has 2 aromatic carbocycles. The largest absolute Gasteiger partial charge is 0.504 e. The van der Waals surface area contributed by atoms with Crippen LogP contribution in [0.2, 0.25) is 0 Å². The minimum Gasteiger partial charge on any atom is -0.504 e. The molecule has 0 aliphatic heterocycles. The maximum absolute atomic E-state index is 8.71. The Balaban J connectivity index is 0.000000162. The molecule has 15 heavy (non-hydrogen) atoms. The van der Waals surface area contributed by atoms with Gasteiger partial charge in [-0.25, -0.2) is 0 Å². The van der Waals surface area contributed by atoms with Crippen LogP contribution in [0.5, 0.6) is 17.2 Å². The van der Waals surface area contributed by atoms with Crippen LogP contribution >= 0.6 is 0 Å². The number of aromatic hydroxyl groups is 3. The topological polar surface area (TPSA) is 60.7 Å².